The first kappa shape index (κ1) is 22.1. The van der Waals surface area contributed by atoms with Gasteiger partial charge in [-0.15, -0.1) is 11.3 Å². The standard InChI is InChI=1S/C24H25N5OS2/c1-16-4-3-5-20(14-16)23-27-28-24(31)29(23)13-11-22(30)25-12-10-18-6-8-19(9-7-18)21-15-32-17(2)26-21/h3-9,14-15H,10-13H2,1-2H3,(H,25,30)(H,28,31). The zero-order chi connectivity index (χ0) is 22.5. The van der Waals surface area contributed by atoms with Crippen LogP contribution in [0.1, 0.15) is 22.6 Å². The van der Waals surface area contributed by atoms with Crippen molar-refractivity contribution in [1.29, 1.82) is 0 Å². The summed E-state index contributed by atoms with van der Waals surface area (Å²) in [5.41, 5.74) is 5.43. The van der Waals surface area contributed by atoms with Crippen LogP contribution in [0.2, 0.25) is 0 Å². The van der Waals surface area contributed by atoms with Crippen molar-refractivity contribution in [2.24, 2.45) is 0 Å². The first-order valence-corrected chi connectivity index (χ1v) is 11.8. The molecule has 0 atom stereocenters. The number of nitrogens with one attached hydrogen (secondary N) is 2. The van der Waals surface area contributed by atoms with Gasteiger partial charge >= 0.3 is 0 Å². The highest BCUT2D eigenvalue weighted by Gasteiger charge is 2.11. The average molecular weight is 464 g/mol. The van der Waals surface area contributed by atoms with E-state index >= 15 is 0 Å². The number of benzene rings is 2. The van der Waals surface area contributed by atoms with Crippen LogP contribution in [0.5, 0.6) is 0 Å². The lowest BCUT2D eigenvalue weighted by molar-refractivity contribution is -0.121. The summed E-state index contributed by atoms with van der Waals surface area (Å²) < 4.78 is 2.40. The van der Waals surface area contributed by atoms with Crippen LogP contribution in [0.15, 0.2) is 53.9 Å². The van der Waals surface area contributed by atoms with E-state index < -0.39 is 0 Å². The molecule has 164 valence electrons. The Morgan fingerprint density at radius 3 is 2.69 bits per heavy atom. The Morgan fingerprint density at radius 2 is 1.97 bits per heavy atom. The smallest absolute Gasteiger partial charge is 0.221 e. The molecule has 1 amide bonds. The van der Waals surface area contributed by atoms with Gasteiger partial charge in [-0.05, 0) is 44.1 Å². The molecule has 0 saturated carbocycles. The number of aromatic nitrogens is 4. The molecule has 0 aliphatic carbocycles. The number of hydrogen-bond donors (Lipinski definition) is 2. The Morgan fingerprint density at radius 1 is 1.16 bits per heavy atom. The molecule has 4 aromatic rings. The molecule has 8 heteroatoms. The van der Waals surface area contributed by atoms with Crippen molar-refractivity contribution >= 4 is 29.5 Å². The van der Waals surface area contributed by atoms with Gasteiger partial charge in [-0.3, -0.25) is 14.5 Å². The maximum Gasteiger partial charge on any atom is 0.221 e. The third-order valence-electron chi connectivity index (χ3n) is 5.20. The monoisotopic (exact) mass is 463 g/mol. The number of aryl methyl sites for hydroxylation is 2. The summed E-state index contributed by atoms with van der Waals surface area (Å²) in [5.74, 6) is 0.750. The van der Waals surface area contributed by atoms with E-state index in [1.165, 1.54) is 5.56 Å². The summed E-state index contributed by atoms with van der Waals surface area (Å²) in [7, 11) is 0. The molecule has 0 radical (unpaired) electrons. The fraction of sp³-hybridized carbons (Fsp3) is 0.250. The first-order chi connectivity index (χ1) is 15.5. The molecule has 32 heavy (non-hydrogen) atoms. The van der Waals surface area contributed by atoms with E-state index in [2.05, 4.69) is 56.2 Å². The zero-order valence-electron chi connectivity index (χ0n) is 18.1. The topological polar surface area (TPSA) is 75.6 Å². The van der Waals surface area contributed by atoms with Gasteiger partial charge in [0.1, 0.15) is 0 Å². The molecule has 0 bridgehead atoms. The van der Waals surface area contributed by atoms with Crippen LogP contribution in [0.3, 0.4) is 0 Å². The van der Waals surface area contributed by atoms with Crippen LogP contribution < -0.4 is 5.32 Å². The fourth-order valence-electron chi connectivity index (χ4n) is 3.52. The lowest BCUT2D eigenvalue weighted by Gasteiger charge is -2.09. The predicted molar refractivity (Wildman–Crippen MR) is 131 cm³/mol. The Balaban J connectivity index is 1.28. The van der Waals surface area contributed by atoms with Crippen molar-refractivity contribution in [3.8, 4) is 22.6 Å². The highest BCUT2D eigenvalue weighted by molar-refractivity contribution is 7.71. The Bertz CT molecular complexity index is 1270. The summed E-state index contributed by atoms with van der Waals surface area (Å²) in [6.07, 6.45) is 1.12. The summed E-state index contributed by atoms with van der Waals surface area (Å²) in [6.45, 7) is 5.12. The summed E-state index contributed by atoms with van der Waals surface area (Å²) in [6, 6.07) is 16.4. The molecule has 2 heterocycles. The predicted octanol–water partition coefficient (Wildman–Crippen LogP) is 5.10. The summed E-state index contributed by atoms with van der Waals surface area (Å²) >= 11 is 7.02. The van der Waals surface area contributed by atoms with Gasteiger partial charge in [0.05, 0.1) is 10.7 Å². The molecule has 0 fully saturated rings. The van der Waals surface area contributed by atoms with Crippen molar-refractivity contribution in [2.75, 3.05) is 6.54 Å². The van der Waals surface area contributed by atoms with E-state index in [1.807, 2.05) is 36.6 Å². The van der Waals surface area contributed by atoms with Crippen molar-refractivity contribution in [3.05, 3.63) is 74.8 Å². The number of hydrogen-bond acceptors (Lipinski definition) is 5. The minimum atomic E-state index is -0.00198. The second kappa shape index (κ2) is 10.0. The van der Waals surface area contributed by atoms with Crippen LogP contribution in [0.25, 0.3) is 22.6 Å². The molecule has 2 aromatic heterocycles. The maximum atomic E-state index is 12.4. The van der Waals surface area contributed by atoms with Gasteiger partial charge < -0.3 is 5.32 Å². The molecule has 2 N–H and O–H groups in total. The number of nitrogens with zero attached hydrogens (tertiary/aromatic N) is 3. The SMILES string of the molecule is Cc1cccc(-c2n[nH]c(=S)n2CCC(=O)NCCc2ccc(-c3csc(C)n3)cc2)c1. The number of rotatable bonds is 8. The van der Waals surface area contributed by atoms with Crippen LogP contribution in [-0.2, 0) is 17.8 Å². The first-order valence-electron chi connectivity index (χ1n) is 10.5. The Kier molecular flexibility index (Phi) is 6.92. The number of thiazole rings is 1. The van der Waals surface area contributed by atoms with Gasteiger partial charge in [0.15, 0.2) is 10.6 Å². The number of H-pyrrole nitrogens is 1. The number of aromatic amines is 1. The van der Waals surface area contributed by atoms with Gasteiger partial charge in [0.2, 0.25) is 5.91 Å². The molecular weight excluding hydrogens is 438 g/mol. The largest absolute Gasteiger partial charge is 0.356 e. The van der Waals surface area contributed by atoms with E-state index in [1.54, 1.807) is 11.3 Å². The van der Waals surface area contributed by atoms with Crippen molar-refractivity contribution in [2.45, 2.75) is 33.2 Å². The molecule has 4 rings (SSSR count). The maximum absolute atomic E-state index is 12.4. The third kappa shape index (κ3) is 5.38. The molecule has 0 unspecified atom stereocenters. The van der Waals surface area contributed by atoms with Crippen LogP contribution >= 0.6 is 23.6 Å². The van der Waals surface area contributed by atoms with E-state index in [9.17, 15) is 4.79 Å². The second-order valence-corrected chi connectivity index (χ2v) is 9.12. The van der Waals surface area contributed by atoms with Crippen molar-refractivity contribution in [3.63, 3.8) is 0 Å². The summed E-state index contributed by atoms with van der Waals surface area (Å²) in [4.78, 5) is 16.9. The van der Waals surface area contributed by atoms with Gasteiger partial charge in [-0.2, -0.15) is 5.10 Å². The highest BCUT2D eigenvalue weighted by atomic mass is 32.1. The fourth-order valence-corrected chi connectivity index (χ4v) is 4.36. The van der Waals surface area contributed by atoms with Crippen LogP contribution in [-0.4, -0.2) is 32.2 Å². The molecular formula is C24H25N5OS2. The minimum Gasteiger partial charge on any atom is -0.356 e. The molecule has 2 aromatic carbocycles. The van der Waals surface area contributed by atoms with E-state index in [-0.39, 0.29) is 5.91 Å². The number of carbonyl (C=O) groups excluding carboxylic acids is 1. The molecule has 0 aliphatic heterocycles. The van der Waals surface area contributed by atoms with E-state index in [0.29, 0.717) is 24.3 Å². The Hall–Kier alpha value is -3.10. The van der Waals surface area contributed by atoms with Crippen LogP contribution in [0, 0.1) is 18.6 Å². The molecule has 0 spiro atoms. The van der Waals surface area contributed by atoms with E-state index in [4.69, 9.17) is 12.2 Å². The second-order valence-electron chi connectivity index (χ2n) is 7.67. The zero-order valence-corrected chi connectivity index (χ0v) is 19.7. The van der Waals surface area contributed by atoms with Crippen LogP contribution in [0.4, 0.5) is 0 Å². The van der Waals surface area contributed by atoms with Gasteiger partial charge in [0, 0.05) is 36.0 Å². The normalized spacial score (nSPS) is 10.9. The van der Waals surface area contributed by atoms with Gasteiger partial charge in [0.25, 0.3) is 0 Å². The third-order valence-corrected chi connectivity index (χ3v) is 6.29. The lowest BCUT2D eigenvalue weighted by atomic mass is 10.1. The number of carbonyl (C=O) groups is 1. The quantitative estimate of drug-likeness (QED) is 0.357. The highest BCUT2D eigenvalue weighted by Crippen LogP contribution is 2.22. The van der Waals surface area contributed by atoms with Gasteiger partial charge in [-0.1, -0.05) is 48.0 Å². The average Bonchev–Trinajstić information content (AvgIpc) is 3.38. The minimum absolute atomic E-state index is 0.00198. The molecule has 0 saturated heterocycles. The van der Waals surface area contributed by atoms with Crippen molar-refractivity contribution in [1.82, 2.24) is 25.1 Å². The molecule has 6 nitrogen and oxygen atoms in total. The van der Waals surface area contributed by atoms with Crippen molar-refractivity contribution < 1.29 is 4.79 Å². The Labute approximate surface area is 196 Å². The number of amides is 1. The molecule has 0 aliphatic rings. The van der Waals surface area contributed by atoms with Gasteiger partial charge in [-0.25, -0.2) is 4.98 Å². The summed E-state index contributed by atoms with van der Waals surface area (Å²) in [5, 5.41) is 13.3. The van der Waals surface area contributed by atoms with E-state index in [0.717, 1.165) is 39.6 Å². The lowest BCUT2D eigenvalue weighted by Crippen LogP contribution is -2.26.